The van der Waals surface area contributed by atoms with Gasteiger partial charge in [-0.3, -0.25) is 0 Å². The summed E-state index contributed by atoms with van der Waals surface area (Å²) < 4.78 is 0. The number of benzene rings is 9. The Kier molecular flexibility index (Phi) is 107. The zero-order valence-corrected chi connectivity index (χ0v) is 89.6. The predicted molar refractivity (Wildman–Crippen MR) is 570 cm³/mol. The molecule has 0 amide bonds. The molecule has 0 heterocycles. The summed E-state index contributed by atoms with van der Waals surface area (Å²) in [6.45, 7) is 87.4. The third-order valence-corrected chi connectivity index (χ3v) is 13.4. The van der Waals surface area contributed by atoms with Crippen LogP contribution in [-0.2, 0) is 0 Å². The number of nitrogens with zero attached hydrogens (tertiary/aromatic N) is 12. The number of fused-ring (bicyclic) bond motifs is 3. The van der Waals surface area contributed by atoms with Crippen molar-refractivity contribution in [2.45, 2.75) is 298 Å². The summed E-state index contributed by atoms with van der Waals surface area (Å²) in [6, 6.07) is 62.2. The van der Waals surface area contributed by atoms with Gasteiger partial charge in [0, 0.05) is 119 Å². The summed E-state index contributed by atoms with van der Waals surface area (Å²) in [5, 5.41) is 43.1. The molecule has 121 heavy (non-hydrogen) atoms. The van der Waals surface area contributed by atoms with Gasteiger partial charge in [-0.2, -0.15) is 30.6 Å². The van der Waals surface area contributed by atoms with E-state index < -0.39 is 0 Å². The van der Waals surface area contributed by atoms with Gasteiger partial charge in [0.05, 0.1) is 0 Å². The highest BCUT2D eigenvalue weighted by Gasteiger charge is 2.02. The lowest BCUT2D eigenvalue weighted by Gasteiger charge is -2.07. The molecule has 0 bridgehead atoms. The van der Waals surface area contributed by atoms with Gasteiger partial charge in [0.1, 0.15) is 0 Å². The standard InChI is InChI=1S/C13H14.2C12H12.3C8H10.6C5H12N2.9C2H6/c1-9-7-8-11(3)13-10(2)5-4-6-12(9)13;1-9-3-5-12-8-10(2)4-6-11(12)7-9;1-9-7-8-10(2)12-6-4-3-5-11(9)12;1-7-3-5-8(2)6-4-7;1-7-4-3-5-8(2)6-7;1-7-5-3-4-6-8(7)2;6*1-5(2)6-7(3)4;9*1-2/h4-8H,1-3H3;2*3-8H,1-2H3;3*3-6H,1-2H3;6*1-4H3;9*1-2H3. The lowest BCUT2D eigenvalue weighted by atomic mass is 9.97. The Bertz CT molecular complexity index is 3650. The molecule has 0 saturated heterocycles. The van der Waals surface area contributed by atoms with Crippen LogP contribution < -0.4 is 0 Å². The first-order valence-corrected chi connectivity index (χ1v) is 44.5. The van der Waals surface area contributed by atoms with E-state index in [0.717, 1.165) is 34.3 Å². The molecule has 690 valence electrons. The fourth-order valence-electron chi connectivity index (χ4n) is 9.53. The minimum atomic E-state index is 1.09. The molecule has 0 aliphatic rings. The summed E-state index contributed by atoms with van der Waals surface area (Å²) >= 11 is 0. The maximum absolute atomic E-state index is 4.03. The molecule has 0 aliphatic carbocycles. The predicted octanol–water partition coefficient (Wildman–Crippen LogP) is 32.5. The molecule has 9 aromatic rings. The van der Waals surface area contributed by atoms with Gasteiger partial charge in [-0.1, -0.05) is 334 Å². The van der Waals surface area contributed by atoms with Crippen molar-refractivity contribution >= 4 is 66.6 Å². The van der Waals surface area contributed by atoms with E-state index in [9.17, 15) is 0 Å². The van der Waals surface area contributed by atoms with Crippen molar-refractivity contribution in [1.82, 2.24) is 30.1 Å². The lowest BCUT2D eigenvalue weighted by Crippen LogP contribution is -2.03. The fraction of sp³-hybridized carbons (Fsp3) is 0.505. The van der Waals surface area contributed by atoms with E-state index in [1.807, 2.05) is 292 Å². The molecular formula is C109H194N12. The Morgan fingerprint density at radius 2 is 0.355 bits per heavy atom. The fourth-order valence-corrected chi connectivity index (χ4v) is 9.53. The van der Waals surface area contributed by atoms with E-state index in [2.05, 4.69) is 297 Å². The summed E-state index contributed by atoms with van der Waals surface area (Å²) in [4.78, 5) is 0. The molecule has 0 aromatic heterocycles. The first-order valence-electron chi connectivity index (χ1n) is 44.5. The molecule has 12 heteroatoms. The maximum Gasteiger partial charge on any atom is 0.0318 e. The number of hydrazone groups is 6. The summed E-state index contributed by atoms with van der Waals surface area (Å²) in [6.07, 6.45) is 0. The molecule has 9 rings (SSSR count). The summed E-state index contributed by atoms with van der Waals surface area (Å²) in [5.41, 5.74) is 24.1. The van der Waals surface area contributed by atoms with Crippen LogP contribution in [0, 0.1) is 90.0 Å². The van der Waals surface area contributed by atoms with Gasteiger partial charge < -0.3 is 30.1 Å². The Morgan fingerprint density at radius 3 is 0.554 bits per heavy atom. The van der Waals surface area contributed by atoms with Crippen LogP contribution in [0.3, 0.4) is 0 Å². The van der Waals surface area contributed by atoms with Crippen LogP contribution in [0.2, 0.25) is 0 Å². The Balaban J connectivity index is -0.000000106. The van der Waals surface area contributed by atoms with E-state index in [1.165, 1.54) is 105 Å². The van der Waals surface area contributed by atoms with E-state index in [0.29, 0.717) is 0 Å². The van der Waals surface area contributed by atoms with Gasteiger partial charge in [0.15, 0.2) is 0 Å². The molecule has 0 saturated carbocycles. The molecule has 0 radical (unpaired) electrons. The van der Waals surface area contributed by atoms with Gasteiger partial charge in [0.25, 0.3) is 0 Å². The summed E-state index contributed by atoms with van der Waals surface area (Å²) in [5.74, 6) is 0. The molecule has 9 aromatic carbocycles. The van der Waals surface area contributed by atoms with Crippen molar-refractivity contribution in [3.63, 3.8) is 0 Å². The smallest absolute Gasteiger partial charge is 0.0318 e. The lowest BCUT2D eigenvalue weighted by molar-refractivity contribution is 0.437. The van der Waals surface area contributed by atoms with E-state index in [-0.39, 0.29) is 0 Å². The Hall–Kier alpha value is -9.42. The monoisotopic (exact) mass is 1670 g/mol. The highest BCUT2D eigenvalue weighted by Crippen LogP contribution is 2.25. The van der Waals surface area contributed by atoms with E-state index in [4.69, 9.17) is 0 Å². The SMILES string of the molecule is CC.CC.CC.CC.CC.CC.CC.CC.CC.CC(C)=NN(C)C.CC(C)=NN(C)C.CC(C)=NN(C)C.CC(C)=NN(C)C.CC(C)=NN(C)C.CC(C)=NN(C)C.Cc1ccc(C)c2c(C)cccc12.Cc1ccc(C)c2ccccc12.Cc1ccc(C)cc1.Cc1ccc2cc(C)ccc2c1.Cc1cccc(C)c1.Cc1ccccc1C. The average Bonchev–Trinajstić information content (AvgIpc) is 0.807. The van der Waals surface area contributed by atoms with Gasteiger partial charge >= 0.3 is 0 Å². The Morgan fingerprint density at radius 1 is 0.174 bits per heavy atom. The number of hydrogen-bond acceptors (Lipinski definition) is 12. The van der Waals surface area contributed by atoms with Crippen molar-refractivity contribution in [1.29, 1.82) is 0 Å². The molecular weight excluding hydrogens is 1480 g/mol. The van der Waals surface area contributed by atoms with Gasteiger partial charge in [0.2, 0.25) is 0 Å². The van der Waals surface area contributed by atoms with Crippen LogP contribution in [0.15, 0.2) is 207 Å². The van der Waals surface area contributed by atoms with Crippen molar-refractivity contribution in [2.24, 2.45) is 30.6 Å². The number of aryl methyl sites for hydroxylation is 13. The molecule has 0 spiro atoms. The molecule has 0 N–H and O–H groups in total. The Labute approximate surface area is 753 Å². The first kappa shape index (κ1) is 138. The summed E-state index contributed by atoms with van der Waals surface area (Å²) in [7, 11) is 22.9. The molecule has 0 unspecified atom stereocenters. The number of rotatable bonds is 6. The minimum absolute atomic E-state index is 1.09. The van der Waals surface area contributed by atoms with Crippen molar-refractivity contribution in [2.75, 3.05) is 84.6 Å². The molecule has 0 aliphatic heterocycles. The van der Waals surface area contributed by atoms with Gasteiger partial charge in [-0.25, -0.2) is 0 Å². The highest BCUT2D eigenvalue weighted by molar-refractivity contribution is 5.91. The third-order valence-electron chi connectivity index (χ3n) is 13.4. The normalized spacial score (nSPS) is 8.29. The van der Waals surface area contributed by atoms with Gasteiger partial charge in [-0.05, 0) is 244 Å². The topological polar surface area (TPSA) is 93.6 Å². The van der Waals surface area contributed by atoms with Crippen LogP contribution in [-0.4, -0.2) is 149 Å². The zero-order chi connectivity index (χ0) is 97.6. The van der Waals surface area contributed by atoms with Crippen molar-refractivity contribution in [3.8, 4) is 0 Å². The third kappa shape index (κ3) is 92.7. The van der Waals surface area contributed by atoms with Crippen LogP contribution in [0.1, 0.15) is 280 Å². The van der Waals surface area contributed by atoms with Crippen LogP contribution in [0.4, 0.5) is 0 Å². The quantitative estimate of drug-likeness (QED) is 0.122. The van der Waals surface area contributed by atoms with Crippen LogP contribution in [0.25, 0.3) is 32.3 Å². The van der Waals surface area contributed by atoms with Gasteiger partial charge in [-0.15, -0.1) is 0 Å². The molecule has 0 atom stereocenters. The second-order valence-electron chi connectivity index (χ2n) is 28.1. The molecule has 12 nitrogen and oxygen atoms in total. The second kappa shape index (κ2) is 94.4. The van der Waals surface area contributed by atoms with Crippen molar-refractivity contribution < 1.29 is 0 Å². The average molecular weight is 1670 g/mol. The highest BCUT2D eigenvalue weighted by atomic mass is 15.4. The van der Waals surface area contributed by atoms with E-state index >= 15 is 0 Å². The largest absolute Gasteiger partial charge is 0.303 e. The van der Waals surface area contributed by atoms with Crippen molar-refractivity contribution in [3.05, 3.63) is 248 Å². The second-order valence-corrected chi connectivity index (χ2v) is 28.1. The van der Waals surface area contributed by atoms with Crippen LogP contribution >= 0.6 is 0 Å². The molecule has 0 fully saturated rings. The minimum Gasteiger partial charge on any atom is -0.303 e. The van der Waals surface area contributed by atoms with Crippen LogP contribution in [0.5, 0.6) is 0 Å². The number of hydrogen-bond donors (Lipinski definition) is 0. The maximum atomic E-state index is 4.03. The zero-order valence-electron chi connectivity index (χ0n) is 89.6. The first-order chi connectivity index (χ1) is 56.9. The van der Waals surface area contributed by atoms with E-state index in [1.54, 1.807) is 30.1 Å².